The summed E-state index contributed by atoms with van der Waals surface area (Å²) in [4.78, 5) is 17.3. The molecule has 4 aromatic rings. The van der Waals surface area contributed by atoms with E-state index in [1.807, 2.05) is 19.1 Å². The van der Waals surface area contributed by atoms with Crippen LogP contribution in [0.25, 0.3) is 22.1 Å². The number of nitrogens with one attached hydrogen (secondary N) is 1. The maximum absolute atomic E-state index is 12.9. The van der Waals surface area contributed by atoms with Gasteiger partial charge in [0.1, 0.15) is 22.9 Å². The molecule has 7 nitrogen and oxygen atoms in total. The molecule has 0 saturated carbocycles. The third-order valence-corrected chi connectivity index (χ3v) is 5.77. The van der Waals surface area contributed by atoms with Gasteiger partial charge in [-0.2, -0.15) is 0 Å². The largest absolute Gasteiger partial charge is 0.495 e. The number of benzene rings is 2. The van der Waals surface area contributed by atoms with Crippen molar-refractivity contribution in [2.24, 2.45) is 0 Å². The molecule has 9 heteroatoms. The van der Waals surface area contributed by atoms with E-state index in [0.29, 0.717) is 34.0 Å². The number of halogens is 2. The first-order chi connectivity index (χ1) is 15.3. The highest BCUT2D eigenvalue weighted by Crippen LogP contribution is 2.45. The summed E-state index contributed by atoms with van der Waals surface area (Å²) in [6, 6.07) is 10.4. The van der Waals surface area contributed by atoms with Crippen LogP contribution in [0.1, 0.15) is 5.56 Å². The Balaban J connectivity index is 1.83. The Hall–Kier alpha value is -3.42. The molecular formula is C23H19Cl2N3O4. The molecule has 0 amide bonds. The number of aryl methyl sites for hydroxylation is 1. The lowest BCUT2D eigenvalue weighted by Crippen LogP contribution is -2.05. The summed E-state index contributed by atoms with van der Waals surface area (Å²) in [5, 5.41) is 4.10. The first-order valence-electron chi connectivity index (χ1n) is 9.50. The number of fused-ring (bicyclic) bond motifs is 1. The molecule has 2 aromatic carbocycles. The molecule has 0 fully saturated rings. The fourth-order valence-electron chi connectivity index (χ4n) is 3.37. The zero-order valence-corrected chi connectivity index (χ0v) is 19.0. The van der Waals surface area contributed by atoms with Crippen molar-refractivity contribution in [1.82, 2.24) is 4.98 Å². The van der Waals surface area contributed by atoms with Crippen molar-refractivity contribution in [3.8, 4) is 22.6 Å². The van der Waals surface area contributed by atoms with Gasteiger partial charge in [-0.1, -0.05) is 35.3 Å². The van der Waals surface area contributed by atoms with Gasteiger partial charge in [-0.25, -0.2) is 9.78 Å². The number of nitrogens with zero attached hydrogens (tertiary/aromatic N) is 1. The quantitative estimate of drug-likeness (QED) is 0.354. The number of nitrogen functional groups attached to an aromatic ring is 1. The van der Waals surface area contributed by atoms with Crippen molar-refractivity contribution in [3.63, 3.8) is 0 Å². The van der Waals surface area contributed by atoms with Gasteiger partial charge in [-0.3, -0.25) is 0 Å². The molecule has 0 saturated heterocycles. The molecule has 0 aliphatic heterocycles. The number of nitrogens with two attached hydrogens (primary N) is 1. The zero-order chi connectivity index (χ0) is 23.0. The SMILES string of the molecule is COc1cc(OC)c(Cl)c(-c2cc3cnc(Nc4c(C)cccc4N)cc3oc2=O)c1Cl. The molecule has 4 rings (SSSR count). The molecule has 0 unspecified atom stereocenters. The number of hydrogen-bond donors (Lipinski definition) is 2. The van der Waals surface area contributed by atoms with Crippen LogP contribution in [-0.2, 0) is 0 Å². The predicted molar refractivity (Wildman–Crippen MR) is 128 cm³/mol. The molecule has 0 aliphatic rings. The van der Waals surface area contributed by atoms with Crippen molar-refractivity contribution in [2.75, 3.05) is 25.3 Å². The molecule has 0 radical (unpaired) electrons. The molecule has 0 spiro atoms. The fourth-order valence-corrected chi connectivity index (χ4v) is 4.07. The number of hydrogen-bond acceptors (Lipinski definition) is 7. The monoisotopic (exact) mass is 471 g/mol. The van der Waals surface area contributed by atoms with Gasteiger partial charge < -0.3 is 24.9 Å². The maximum atomic E-state index is 12.9. The van der Waals surface area contributed by atoms with Crippen molar-refractivity contribution in [1.29, 1.82) is 0 Å². The molecular weight excluding hydrogens is 453 g/mol. The first-order valence-corrected chi connectivity index (χ1v) is 10.3. The van der Waals surface area contributed by atoms with Gasteiger partial charge in [0.05, 0.1) is 41.2 Å². The predicted octanol–water partition coefficient (Wildman–Crippen LogP) is 5.81. The van der Waals surface area contributed by atoms with Gasteiger partial charge in [0.15, 0.2) is 0 Å². The highest BCUT2D eigenvalue weighted by atomic mass is 35.5. The summed E-state index contributed by atoms with van der Waals surface area (Å²) >= 11 is 12.9. The Labute approximate surface area is 193 Å². The van der Waals surface area contributed by atoms with Gasteiger partial charge in [0.2, 0.25) is 0 Å². The topological polar surface area (TPSA) is 99.6 Å². The lowest BCUT2D eigenvalue weighted by molar-refractivity contribution is 0.395. The van der Waals surface area contributed by atoms with E-state index in [-0.39, 0.29) is 21.2 Å². The third-order valence-electron chi connectivity index (χ3n) is 5.02. The minimum absolute atomic E-state index is 0.162. The molecule has 32 heavy (non-hydrogen) atoms. The van der Waals surface area contributed by atoms with Gasteiger partial charge in [-0.05, 0) is 24.6 Å². The van der Waals surface area contributed by atoms with Crippen LogP contribution in [0.2, 0.25) is 10.0 Å². The van der Waals surface area contributed by atoms with E-state index in [2.05, 4.69) is 10.3 Å². The summed E-state index contributed by atoms with van der Waals surface area (Å²) in [6.07, 6.45) is 1.58. The summed E-state index contributed by atoms with van der Waals surface area (Å²) < 4.78 is 16.2. The summed E-state index contributed by atoms with van der Waals surface area (Å²) in [6.45, 7) is 1.93. The minimum atomic E-state index is -0.621. The molecule has 0 aliphatic carbocycles. The van der Waals surface area contributed by atoms with E-state index in [0.717, 1.165) is 11.3 Å². The fraction of sp³-hybridized carbons (Fsp3) is 0.130. The molecule has 2 heterocycles. The number of pyridine rings is 1. The Kier molecular flexibility index (Phi) is 5.86. The van der Waals surface area contributed by atoms with Gasteiger partial charge in [-0.15, -0.1) is 0 Å². The molecule has 3 N–H and O–H groups in total. The smallest absolute Gasteiger partial charge is 0.344 e. The average molecular weight is 472 g/mol. The second kappa shape index (κ2) is 8.61. The molecule has 2 aromatic heterocycles. The second-order valence-corrected chi connectivity index (χ2v) is 7.76. The summed E-state index contributed by atoms with van der Waals surface area (Å²) in [5.74, 6) is 1.11. The van der Waals surface area contributed by atoms with Crippen LogP contribution in [0, 0.1) is 6.92 Å². The Morgan fingerprint density at radius 1 is 1.06 bits per heavy atom. The van der Waals surface area contributed by atoms with Crippen LogP contribution in [-0.4, -0.2) is 19.2 Å². The summed E-state index contributed by atoms with van der Waals surface area (Å²) in [7, 11) is 2.92. The number of ether oxygens (including phenoxy) is 2. The van der Waals surface area contributed by atoms with Crippen LogP contribution in [0.15, 0.2) is 51.8 Å². The van der Waals surface area contributed by atoms with E-state index >= 15 is 0 Å². The number of anilines is 3. The molecule has 0 atom stereocenters. The average Bonchev–Trinajstić information content (AvgIpc) is 2.77. The van der Waals surface area contributed by atoms with Crippen LogP contribution in [0.5, 0.6) is 11.5 Å². The van der Waals surface area contributed by atoms with E-state index in [1.165, 1.54) is 14.2 Å². The highest BCUT2D eigenvalue weighted by molar-refractivity contribution is 6.41. The Morgan fingerprint density at radius 3 is 2.38 bits per heavy atom. The Morgan fingerprint density at radius 2 is 1.75 bits per heavy atom. The van der Waals surface area contributed by atoms with Crippen LogP contribution >= 0.6 is 23.2 Å². The van der Waals surface area contributed by atoms with E-state index in [4.69, 9.17) is 42.8 Å². The van der Waals surface area contributed by atoms with Gasteiger partial charge >= 0.3 is 5.63 Å². The lowest BCUT2D eigenvalue weighted by Gasteiger charge is -2.14. The normalized spacial score (nSPS) is 10.9. The van der Waals surface area contributed by atoms with Crippen molar-refractivity contribution in [2.45, 2.75) is 6.92 Å². The number of rotatable bonds is 5. The highest BCUT2D eigenvalue weighted by Gasteiger charge is 2.22. The second-order valence-electron chi connectivity index (χ2n) is 7.00. The minimum Gasteiger partial charge on any atom is -0.495 e. The standard InChI is InChI=1S/C23H19Cl2N3O4/c1-11-5-4-6-14(26)22(11)28-18-9-15-12(10-27-18)7-13(23(29)32-15)19-20(24)16(30-2)8-17(31-3)21(19)25/h4-10H,26H2,1-3H3,(H,27,28). The molecule has 164 valence electrons. The maximum Gasteiger partial charge on any atom is 0.344 e. The van der Waals surface area contributed by atoms with E-state index < -0.39 is 5.63 Å². The number of aromatic nitrogens is 1. The van der Waals surface area contributed by atoms with Gasteiger partial charge in [0.25, 0.3) is 0 Å². The summed E-state index contributed by atoms with van der Waals surface area (Å²) in [5.41, 5.74) is 8.47. The van der Waals surface area contributed by atoms with Crippen LogP contribution in [0.3, 0.4) is 0 Å². The number of methoxy groups -OCH3 is 2. The zero-order valence-electron chi connectivity index (χ0n) is 17.5. The van der Waals surface area contributed by atoms with Crippen molar-refractivity contribution in [3.05, 3.63) is 68.6 Å². The number of para-hydroxylation sites is 1. The Bertz CT molecular complexity index is 1350. The third kappa shape index (κ3) is 3.81. The van der Waals surface area contributed by atoms with Crippen LogP contribution < -0.4 is 26.1 Å². The van der Waals surface area contributed by atoms with E-state index in [1.54, 1.807) is 30.5 Å². The first kappa shape index (κ1) is 21.8. The van der Waals surface area contributed by atoms with Crippen LogP contribution in [0.4, 0.5) is 17.2 Å². The lowest BCUT2D eigenvalue weighted by atomic mass is 10.1. The van der Waals surface area contributed by atoms with Crippen molar-refractivity contribution < 1.29 is 13.9 Å². The van der Waals surface area contributed by atoms with Gasteiger partial charge in [0, 0.05) is 29.3 Å². The van der Waals surface area contributed by atoms with Crippen molar-refractivity contribution >= 4 is 51.4 Å². The van der Waals surface area contributed by atoms with E-state index in [9.17, 15) is 4.79 Å². The molecule has 0 bridgehead atoms.